The van der Waals surface area contributed by atoms with Crippen molar-refractivity contribution < 1.29 is 14.7 Å². The number of ether oxygens (including phenoxy) is 1. The van der Waals surface area contributed by atoms with Crippen molar-refractivity contribution in [2.45, 2.75) is 26.7 Å². The second kappa shape index (κ2) is 4.55. The second-order valence-corrected chi connectivity index (χ2v) is 5.44. The van der Waals surface area contributed by atoms with E-state index in [1.165, 1.54) is 6.07 Å². The molecule has 0 amide bonds. The first-order valence-electron chi connectivity index (χ1n) is 5.74. The number of carbonyl (C=O) groups is 1. The van der Waals surface area contributed by atoms with Gasteiger partial charge in [0.25, 0.3) is 5.12 Å². The lowest BCUT2D eigenvalue weighted by atomic mass is 9.96. The molecule has 1 aromatic carbocycles. The van der Waals surface area contributed by atoms with E-state index in [2.05, 4.69) is 0 Å². The maximum Gasteiger partial charge on any atom is 0.286 e. The van der Waals surface area contributed by atoms with Gasteiger partial charge < -0.3 is 9.94 Å². The zero-order valence-corrected chi connectivity index (χ0v) is 11.3. The van der Waals surface area contributed by atoms with Crippen LogP contribution in [0.4, 0.5) is 5.69 Å². The third-order valence-corrected chi connectivity index (χ3v) is 3.58. The van der Waals surface area contributed by atoms with Crippen LogP contribution in [0.1, 0.15) is 42.6 Å². The van der Waals surface area contributed by atoms with E-state index >= 15 is 0 Å². The van der Waals surface area contributed by atoms with Crippen LogP contribution in [0, 0.1) is 5.21 Å². The molecule has 1 aromatic rings. The average molecular weight is 269 g/mol. The van der Waals surface area contributed by atoms with Crippen LogP contribution in [0.25, 0.3) is 0 Å². The van der Waals surface area contributed by atoms with Gasteiger partial charge in [0.1, 0.15) is 11.3 Å². The van der Waals surface area contributed by atoms with Crippen molar-refractivity contribution in [3.05, 3.63) is 28.5 Å². The van der Waals surface area contributed by atoms with Crippen molar-refractivity contribution in [2.75, 3.05) is 6.61 Å². The van der Waals surface area contributed by atoms with Crippen molar-refractivity contribution in [1.82, 2.24) is 4.21 Å². The molecule has 5 nitrogen and oxygen atoms in total. The Hall–Kier alpha value is -1.08. The van der Waals surface area contributed by atoms with Crippen molar-refractivity contribution in [2.24, 2.45) is 0 Å². The van der Waals surface area contributed by atoms with Crippen molar-refractivity contribution in [3.63, 3.8) is 0 Å². The minimum atomic E-state index is -1.71. The molecule has 0 radical (unpaired) electrons. The highest BCUT2D eigenvalue weighted by atomic mass is 32.2. The highest BCUT2D eigenvalue weighted by Gasteiger charge is 2.43. The van der Waals surface area contributed by atoms with Gasteiger partial charge in [-0.05, 0) is 24.5 Å². The van der Waals surface area contributed by atoms with E-state index in [-0.39, 0.29) is 11.6 Å². The number of fused-ring (bicyclic) bond motifs is 1. The first kappa shape index (κ1) is 13.4. The van der Waals surface area contributed by atoms with Crippen LogP contribution in [0.3, 0.4) is 0 Å². The molecule has 1 heterocycles. The third kappa shape index (κ3) is 2.12. The number of carbonyl (C=O) groups excluding carboxylic acids is 1. The molecular formula is C12H15NO4S. The Morgan fingerprint density at radius 2 is 2.17 bits per heavy atom. The summed E-state index contributed by atoms with van der Waals surface area (Å²) in [4.78, 5) is 11.8. The van der Waals surface area contributed by atoms with Crippen LogP contribution in [0.5, 0.6) is 5.75 Å². The Balaban J connectivity index is 2.65. The average Bonchev–Trinajstić information content (AvgIpc) is 2.49. The molecule has 0 saturated heterocycles. The van der Waals surface area contributed by atoms with Gasteiger partial charge in [0.15, 0.2) is 17.6 Å². The molecule has 0 fully saturated rings. The van der Waals surface area contributed by atoms with Gasteiger partial charge in [-0.25, -0.2) is 0 Å². The number of hydrogen-bond donors (Lipinski definition) is 1. The van der Waals surface area contributed by atoms with Crippen LogP contribution < -0.4 is 8.95 Å². The Morgan fingerprint density at radius 1 is 1.50 bits per heavy atom. The smallest absolute Gasteiger partial charge is 0.286 e. The van der Waals surface area contributed by atoms with Crippen molar-refractivity contribution in [3.8, 4) is 5.75 Å². The number of rotatable bonds is 3. The Kier molecular flexibility index (Phi) is 3.37. The maximum absolute atomic E-state index is 11.8. The summed E-state index contributed by atoms with van der Waals surface area (Å²) in [6.07, 6.45) is 0. The fraction of sp³-hybridized carbons (Fsp3) is 0.417. The normalized spacial score (nSPS) is 22.4. The molecule has 6 heteroatoms. The van der Waals surface area contributed by atoms with E-state index in [0.29, 0.717) is 29.9 Å². The van der Waals surface area contributed by atoms with Gasteiger partial charge in [-0.15, -0.1) is 4.21 Å². The van der Waals surface area contributed by atoms with Crippen LogP contribution in [-0.4, -0.2) is 16.9 Å². The minimum absolute atomic E-state index is 0.0552. The minimum Gasteiger partial charge on any atom is -0.581 e. The lowest BCUT2D eigenvalue weighted by molar-refractivity contribution is 0.0764. The molecule has 0 spiro atoms. The summed E-state index contributed by atoms with van der Waals surface area (Å²) in [6.45, 7) is 6.15. The van der Waals surface area contributed by atoms with Gasteiger partial charge in [-0.2, -0.15) is 5.21 Å². The summed E-state index contributed by atoms with van der Waals surface area (Å²) < 4.78 is 3.66. The Labute approximate surface area is 110 Å². The molecule has 2 rings (SSSR count). The number of nitrogens with zero attached hydrogens (tertiary/aromatic N) is 1. The summed E-state index contributed by atoms with van der Waals surface area (Å²) in [5, 5.41) is 21.1. The highest BCUT2D eigenvalue weighted by molar-refractivity contribution is 8.14. The number of benzene rings is 1. The lowest BCUT2D eigenvalue weighted by Crippen LogP contribution is -2.27. The molecule has 1 N–H and O–H groups in total. The molecule has 1 atom stereocenters. The van der Waals surface area contributed by atoms with E-state index < -0.39 is 9.33 Å². The summed E-state index contributed by atoms with van der Waals surface area (Å²) in [7, 11) is 0. The van der Waals surface area contributed by atoms with Gasteiger partial charge in [0.05, 0.1) is 6.61 Å². The van der Waals surface area contributed by atoms with Crippen LogP contribution in [-0.2, 0) is 0 Å². The quantitative estimate of drug-likeness (QED) is 0.518. The largest absolute Gasteiger partial charge is 0.581 e. The molecule has 0 aliphatic carbocycles. The van der Waals surface area contributed by atoms with E-state index in [1.807, 2.05) is 20.8 Å². The van der Waals surface area contributed by atoms with Crippen molar-refractivity contribution in [1.29, 1.82) is 0 Å². The molecular weight excluding hydrogens is 254 g/mol. The number of quaternary nitrogens is 1. The molecule has 0 bridgehead atoms. The van der Waals surface area contributed by atoms with Gasteiger partial charge in [-0.3, -0.25) is 4.79 Å². The van der Waals surface area contributed by atoms with Gasteiger partial charge >= 0.3 is 0 Å². The summed E-state index contributed by atoms with van der Waals surface area (Å²) in [5.74, 6) is 0.574. The van der Waals surface area contributed by atoms with E-state index in [9.17, 15) is 15.2 Å². The second-order valence-electron chi connectivity index (χ2n) is 4.39. The van der Waals surface area contributed by atoms with E-state index in [4.69, 9.17) is 4.74 Å². The SMILES string of the molecule is CCOc1cc(C(C)C)c2c(c1)[N+]([O-])(O)SC2=O. The molecule has 1 unspecified atom stereocenters. The topological polar surface area (TPSA) is 69.6 Å². The first-order chi connectivity index (χ1) is 8.36. The summed E-state index contributed by atoms with van der Waals surface area (Å²) in [6, 6.07) is 3.20. The monoisotopic (exact) mass is 269 g/mol. The fourth-order valence-electron chi connectivity index (χ4n) is 1.98. The molecule has 98 valence electrons. The Bertz CT molecular complexity index is 499. The standard InChI is InChI=1S/C12H15NO4S/c1-4-17-8-5-9(7(2)3)11-10(6-8)13(15,16)18-12(11)14/h5-7,15H,4H2,1-3H3. The maximum atomic E-state index is 11.8. The zero-order chi connectivity index (χ0) is 13.5. The Morgan fingerprint density at radius 3 is 2.72 bits per heavy atom. The van der Waals surface area contributed by atoms with Gasteiger partial charge in [0.2, 0.25) is 0 Å². The predicted octanol–water partition coefficient (Wildman–Crippen LogP) is 3.21. The predicted molar refractivity (Wildman–Crippen MR) is 70.6 cm³/mol. The molecule has 1 aliphatic rings. The molecule has 0 saturated carbocycles. The van der Waals surface area contributed by atoms with Crippen LogP contribution in [0.2, 0.25) is 0 Å². The molecule has 1 aliphatic heterocycles. The van der Waals surface area contributed by atoms with Crippen LogP contribution in [0.15, 0.2) is 12.1 Å². The lowest BCUT2D eigenvalue weighted by Gasteiger charge is -2.24. The van der Waals surface area contributed by atoms with E-state index in [0.717, 1.165) is 5.56 Å². The molecule has 18 heavy (non-hydrogen) atoms. The first-order valence-corrected chi connectivity index (χ1v) is 6.52. The van der Waals surface area contributed by atoms with Gasteiger partial charge in [0, 0.05) is 6.07 Å². The number of hydrogen-bond acceptors (Lipinski definition) is 5. The summed E-state index contributed by atoms with van der Waals surface area (Å²) in [5.41, 5.74) is 1.11. The van der Waals surface area contributed by atoms with Gasteiger partial charge in [-0.1, -0.05) is 13.8 Å². The highest BCUT2D eigenvalue weighted by Crippen LogP contribution is 2.47. The molecule has 0 aromatic heterocycles. The third-order valence-electron chi connectivity index (χ3n) is 2.77. The summed E-state index contributed by atoms with van der Waals surface area (Å²) >= 11 is 0.353. The van der Waals surface area contributed by atoms with Crippen molar-refractivity contribution >= 4 is 22.8 Å². The van der Waals surface area contributed by atoms with E-state index in [1.54, 1.807) is 6.07 Å². The zero-order valence-electron chi connectivity index (χ0n) is 10.5. The fourth-order valence-corrected chi connectivity index (χ4v) is 2.76. The van der Waals surface area contributed by atoms with Crippen LogP contribution >= 0.6 is 11.9 Å².